The molecule has 0 bridgehead atoms. The van der Waals surface area contributed by atoms with Crippen LogP contribution in [0.5, 0.6) is 0 Å². The second-order valence-electron chi connectivity index (χ2n) is 5.54. The topological polar surface area (TPSA) is 25.2 Å². The molecule has 0 saturated heterocycles. The van der Waals surface area contributed by atoms with Gasteiger partial charge in [-0.05, 0) is 0 Å². The van der Waals surface area contributed by atoms with Crippen molar-refractivity contribution in [2.75, 3.05) is 13.6 Å². The van der Waals surface area contributed by atoms with Crippen molar-refractivity contribution >= 4 is 36.2 Å². The van der Waals surface area contributed by atoms with Gasteiger partial charge < -0.3 is 0 Å². The third-order valence-corrected chi connectivity index (χ3v) is 6.04. The van der Waals surface area contributed by atoms with Crippen LogP contribution in [0.15, 0.2) is 60.7 Å². The van der Waals surface area contributed by atoms with Crippen molar-refractivity contribution < 1.29 is 4.79 Å². The molecule has 118 valence electrons. The second-order valence-corrected chi connectivity index (χ2v) is 7.99. The number of hydrogen-bond acceptors (Lipinski definition) is 1. The van der Waals surface area contributed by atoms with Gasteiger partial charge in [0.25, 0.3) is 0 Å². The Morgan fingerprint density at radius 3 is 2.52 bits per heavy atom. The van der Waals surface area contributed by atoms with Crippen molar-refractivity contribution in [3.63, 3.8) is 0 Å². The number of para-hydroxylation sites is 1. The van der Waals surface area contributed by atoms with Gasteiger partial charge in [0.05, 0.1) is 0 Å². The Morgan fingerprint density at radius 2 is 1.78 bits per heavy atom. The van der Waals surface area contributed by atoms with E-state index >= 15 is 0 Å². The number of amides is 1. The molecule has 0 saturated carbocycles. The molecule has 0 fully saturated rings. The molecular formula is C19H20N2OSe. The van der Waals surface area contributed by atoms with E-state index in [2.05, 4.69) is 24.3 Å². The first-order chi connectivity index (χ1) is 11.2. The Hall–Kier alpha value is -2.03. The molecule has 1 aromatic heterocycles. The summed E-state index contributed by atoms with van der Waals surface area (Å²) in [6.45, 7) is 0.787. The summed E-state index contributed by atoms with van der Waals surface area (Å²) in [4.78, 5) is 14.5. The minimum atomic E-state index is 0.0903. The van der Waals surface area contributed by atoms with Gasteiger partial charge in [0.1, 0.15) is 0 Å². The number of fused-ring (bicyclic) bond motifs is 1. The normalized spacial score (nSPS) is 10.9. The molecule has 3 rings (SSSR count). The number of hydrogen-bond donors (Lipinski definition) is 0. The van der Waals surface area contributed by atoms with Gasteiger partial charge in [-0.2, -0.15) is 0 Å². The van der Waals surface area contributed by atoms with E-state index in [0.29, 0.717) is 15.0 Å². The quantitative estimate of drug-likeness (QED) is 0.633. The van der Waals surface area contributed by atoms with E-state index in [-0.39, 0.29) is 5.91 Å². The van der Waals surface area contributed by atoms with Crippen LogP contribution in [-0.4, -0.2) is 43.9 Å². The number of rotatable bonds is 5. The molecule has 1 amide bonds. The van der Waals surface area contributed by atoms with Gasteiger partial charge in [-0.15, -0.1) is 0 Å². The van der Waals surface area contributed by atoms with E-state index in [1.165, 1.54) is 4.46 Å². The molecule has 0 radical (unpaired) electrons. The van der Waals surface area contributed by atoms with Crippen LogP contribution in [-0.2, 0) is 7.05 Å². The Kier molecular flexibility index (Phi) is 4.85. The fourth-order valence-corrected chi connectivity index (χ4v) is 4.60. The van der Waals surface area contributed by atoms with E-state index in [9.17, 15) is 4.79 Å². The average molecular weight is 371 g/mol. The standard InChI is InChI=1S/C19H20N2OSe/c1-20(12-13-23-16-9-4-3-5-10-16)19(22)18-14-15-8-6-7-11-17(15)21(18)2/h3-11,14H,12-13H2,1-2H3. The van der Waals surface area contributed by atoms with E-state index in [4.69, 9.17) is 0 Å². The molecule has 0 atom stereocenters. The molecule has 3 nitrogen and oxygen atoms in total. The molecule has 1 heterocycles. The van der Waals surface area contributed by atoms with Gasteiger partial charge in [-0.3, -0.25) is 0 Å². The van der Waals surface area contributed by atoms with E-state index in [0.717, 1.165) is 28.5 Å². The first-order valence-corrected chi connectivity index (χ1v) is 9.71. The second kappa shape index (κ2) is 7.03. The summed E-state index contributed by atoms with van der Waals surface area (Å²) in [5.74, 6) is 0.0903. The molecule has 23 heavy (non-hydrogen) atoms. The third-order valence-electron chi connectivity index (χ3n) is 3.96. The van der Waals surface area contributed by atoms with Gasteiger partial charge >= 0.3 is 143 Å². The predicted octanol–water partition coefficient (Wildman–Crippen LogP) is 2.70. The van der Waals surface area contributed by atoms with E-state index < -0.39 is 0 Å². The zero-order chi connectivity index (χ0) is 16.2. The first-order valence-electron chi connectivity index (χ1n) is 7.64. The average Bonchev–Trinajstić information content (AvgIpc) is 2.92. The molecule has 4 heteroatoms. The molecule has 0 N–H and O–H groups in total. The third kappa shape index (κ3) is 3.49. The predicted molar refractivity (Wildman–Crippen MR) is 96.5 cm³/mol. The minimum absolute atomic E-state index is 0.0903. The summed E-state index contributed by atoms with van der Waals surface area (Å²) in [5, 5.41) is 2.14. The summed E-state index contributed by atoms with van der Waals surface area (Å²) >= 11 is 0.411. The summed E-state index contributed by atoms with van der Waals surface area (Å²) in [7, 11) is 3.85. The van der Waals surface area contributed by atoms with Gasteiger partial charge in [0.15, 0.2) is 0 Å². The zero-order valence-corrected chi connectivity index (χ0v) is 15.1. The van der Waals surface area contributed by atoms with Crippen molar-refractivity contribution in [2.24, 2.45) is 7.05 Å². The van der Waals surface area contributed by atoms with Crippen LogP contribution < -0.4 is 4.46 Å². The van der Waals surface area contributed by atoms with Crippen molar-refractivity contribution in [2.45, 2.75) is 5.32 Å². The van der Waals surface area contributed by atoms with Crippen LogP contribution in [0.25, 0.3) is 10.9 Å². The van der Waals surface area contributed by atoms with Crippen molar-refractivity contribution in [1.82, 2.24) is 9.47 Å². The molecule has 0 aliphatic heterocycles. The van der Waals surface area contributed by atoms with Gasteiger partial charge in [0.2, 0.25) is 0 Å². The maximum absolute atomic E-state index is 12.7. The van der Waals surface area contributed by atoms with E-state index in [1.54, 1.807) is 0 Å². The van der Waals surface area contributed by atoms with Crippen LogP contribution in [0, 0.1) is 0 Å². The maximum atomic E-state index is 12.7. The van der Waals surface area contributed by atoms with Crippen LogP contribution in [0.2, 0.25) is 5.32 Å². The monoisotopic (exact) mass is 372 g/mol. The fraction of sp³-hybridized carbons (Fsp3) is 0.211. The SMILES string of the molecule is CN(CC[Se]c1ccccc1)C(=O)c1cc2ccccc2n1C. The summed E-state index contributed by atoms with van der Waals surface area (Å²) in [5.41, 5.74) is 1.85. The Bertz CT molecular complexity index is 811. The molecule has 3 aromatic rings. The first kappa shape index (κ1) is 15.8. The number of benzene rings is 2. The van der Waals surface area contributed by atoms with Gasteiger partial charge in [-0.1, -0.05) is 0 Å². The molecule has 0 aliphatic rings. The summed E-state index contributed by atoms with van der Waals surface area (Å²) in [6, 6.07) is 20.6. The molecule has 0 unspecified atom stereocenters. The van der Waals surface area contributed by atoms with Crippen LogP contribution >= 0.6 is 0 Å². The van der Waals surface area contributed by atoms with Crippen LogP contribution in [0.3, 0.4) is 0 Å². The van der Waals surface area contributed by atoms with Crippen molar-refractivity contribution in [3.05, 3.63) is 66.4 Å². The number of nitrogens with zero attached hydrogens (tertiary/aromatic N) is 2. The molecule has 2 aromatic carbocycles. The Balaban J connectivity index is 1.65. The Morgan fingerprint density at radius 1 is 1.09 bits per heavy atom. The molecular weight excluding hydrogens is 351 g/mol. The van der Waals surface area contributed by atoms with Crippen LogP contribution in [0.4, 0.5) is 0 Å². The number of aryl methyl sites for hydroxylation is 1. The van der Waals surface area contributed by atoms with Gasteiger partial charge in [-0.25, -0.2) is 0 Å². The number of carbonyl (C=O) groups is 1. The van der Waals surface area contributed by atoms with Crippen molar-refractivity contribution in [1.29, 1.82) is 0 Å². The van der Waals surface area contributed by atoms with Gasteiger partial charge in [0, 0.05) is 0 Å². The zero-order valence-electron chi connectivity index (χ0n) is 13.4. The van der Waals surface area contributed by atoms with Crippen molar-refractivity contribution in [3.8, 4) is 0 Å². The fourth-order valence-electron chi connectivity index (χ4n) is 2.61. The number of aromatic nitrogens is 1. The molecule has 0 spiro atoms. The summed E-state index contributed by atoms with van der Waals surface area (Å²) in [6.07, 6.45) is 0. The molecule has 0 aliphatic carbocycles. The summed E-state index contributed by atoms with van der Waals surface area (Å²) < 4.78 is 3.36. The number of carbonyl (C=O) groups excluding carboxylic acids is 1. The van der Waals surface area contributed by atoms with Crippen LogP contribution in [0.1, 0.15) is 10.5 Å². The van der Waals surface area contributed by atoms with E-state index in [1.807, 2.05) is 60.0 Å². The Labute approximate surface area is 143 Å².